The van der Waals surface area contributed by atoms with Crippen molar-refractivity contribution < 1.29 is 9.18 Å². The summed E-state index contributed by atoms with van der Waals surface area (Å²) < 4.78 is 12.7. The van der Waals surface area contributed by atoms with Crippen molar-refractivity contribution in [2.45, 2.75) is 13.0 Å². The molecule has 0 saturated carbocycles. The SMILES string of the molecule is C[C@@H](c1ccc(F)cc1)N(C)CC(N)=O. The van der Waals surface area contributed by atoms with Crippen molar-refractivity contribution in [2.24, 2.45) is 5.73 Å². The molecule has 4 heteroatoms. The molecule has 0 fully saturated rings. The van der Waals surface area contributed by atoms with Crippen LogP contribution in [0.5, 0.6) is 0 Å². The average molecular weight is 210 g/mol. The maximum atomic E-state index is 12.7. The zero-order valence-corrected chi connectivity index (χ0v) is 8.90. The second kappa shape index (κ2) is 4.89. The minimum atomic E-state index is -0.369. The third-order valence-electron chi connectivity index (χ3n) is 2.42. The maximum Gasteiger partial charge on any atom is 0.231 e. The first-order valence-corrected chi connectivity index (χ1v) is 4.74. The predicted octanol–water partition coefficient (Wildman–Crippen LogP) is 1.30. The molecule has 1 aromatic rings. The molecular formula is C11H15FN2O. The number of halogens is 1. The molecule has 2 N–H and O–H groups in total. The van der Waals surface area contributed by atoms with Crippen LogP contribution in [0.2, 0.25) is 0 Å². The monoisotopic (exact) mass is 210 g/mol. The van der Waals surface area contributed by atoms with Crippen molar-refractivity contribution in [1.29, 1.82) is 0 Å². The highest BCUT2D eigenvalue weighted by Crippen LogP contribution is 2.18. The van der Waals surface area contributed by atoms with Gasteiger partial charge in [-0.3, -0.25) is 9.69 Å². The molecule has 82 valence electrons. The Kier molecular flexibility index (Phi) is 3.80. The van der Waals surface area contributed by atoms with Crippen LogP contribution in [-0.4, -0.2) is 24.4 Å². The van der Waals surface area contributed by atoms with Gasteiger partial charge in [0.25, 0.3) is 0 Å². The zero-order chi connectivity index (χ0) is 11.4. The Hall–Kier alpha value is -1.42. The summed E-state index contributed by atoms with van der Waals surface area (Å²) in [5.74, 6) is -0.630. The Labute approximate surface area is 88.7 Å². The van der Waals surface area contributed by atoms with E-state index in [1.807, 2.05) is 11.8 Å². The highest BCUT2D eigenvalue weighted by Gasteiger charge is 2.12. The molecule has 0 aliphatic carbocycles. The molecule has 0 aromatic heterocycles. The Morgan fingerprint density at radius 3 is 2.47 bits per heavy atom. The Balaban J connectivity index is 2.71. The van der Waals surface area contributed by atoms with Gasteiger partial charge in [-0.25, -0.2) is 4.39 Å². The molecule has 3 nitrogen and oxygen atoms in total. The number of amides is 1. The van der Waals surface area contributed by atoms with Crippen LogP contribution in [0.1, 0.15) is 18.5 Å². The molecule has 1 rings (SSSR count). The van der Waals surface area contributed by atoms with Crippen molar-refractivity contribution in [3.8, 4) is 0 Å². The summed E-state index contributed by atoms with van der Waals surface area (Å²) >= 11 is 0. The van der Waals surface area contributed by atoms with E-state index >= 15 is 0 Å². The van der Waals surface area contributed by atoms with E-state index in [1.165, 1.54) is 12.1 Å². The van der Waals surface area contributed by atoms with Crippen molar-refractivity contribution in [3.05, 3.63) is 35.6 Å². The molecule has 15 heavy (non-hydrogen) atoms. The summed E-state index contributed by atoms with van der Waals surface area (Å²) in [6, 6.07) is 6.26. The van der Waals surface area contributed by atoms with Gasteiger partial charge in [-0.15, -0.1) is 0 Å². The van der Waals surface area contributed by atoms with Gasteiger partial charge >= 0.3 is 0 Å². The number of rotatable bonds is 4. The lowest BCUT2D eigenvalue weighted by Gasteiger charge is -2.23. The third-order valence-corrected chi connectivity index (χ3v) is 2.42. The van der Waals surface area contributed by atoms with Gasteiger partial charge in [-0.2, -0.15) is 0 Å². The number of carbonyl (C=O) groups is 1. The van der Waals surface area contributed by atoms with Gasteiger partial charge in [0, 0.05) is 6.04 Å². The van der Waals surface area contributed by atoms with Gasteiger partial charge in [0.2, 0.25) is 5.91 Å². The largest absolute Gasteiger partial charge is 0.369 e. The van der Waals surface area contributed by atoms with Crippen molar-refractivity contribution in [3.63, 3.8) is 0 Å². The first-order chi connectivity index (χ1) is 7.00. The number of carbonyl (C=O) groups excluding carboxylic acids is 1. The lowest BCUT2D eigenvalue weighted by Crippen LogP contribution is -2.32. The molecule has 0 saturated heterocycles. The first kappa shape index (κ1) is 11.7. The summed E-state index contributed by atoms with van der Waals surface area (Å²) in [6.45, 7) is 2.13. The summed E-state index contributed by atoms with van der Waals surface area (Å²) in [5, 5.41) is 0. The fourth-order valence-corrected chi connectivity index (χ4v) is 1.38. The second-order valence-electron chi connectivity index (χ2n) is 3.61. The summed E-state index contributed by atoms with van der Waals surface area (Å²) in [4.78, 5) is 12.5. The summed E-state index contributed by atoms with van der Waals surface area (Å²) in [6.07, 6.45) is 0. The summed E-state index contributed by atoms with van der Waals surface area (Å²) in [5.41, 5.74) is 6.05. The standard InChI is InChI=1S/C11H15FN2O/c1-8(14(2)7-11(13)15)9-3-5-10(12)6-4-9/h3-6,8H,7H2,1-2H3,(H2,13,15)/t8-/m0/s1. The number of nitrogens with two attached hydrogens (primary N) is 1. The fraction of sp³-hybridized carbons (Fsp3) is 0.364. The number of primary amides is 1. The molecule has 0 aliphatic rings. The van der Waals surface area contributed by atoms with Gasteiger partial charge in [0.1, 0.15) is 5.82 Å². The molecule has 0 aliphatic heterocycles. The number of likely N-dealkylation sites (N-methyl/N-ethyl adjacent to an activating group) is 1. The normalized spacial score (nSPS) is 12.8. The number of hydrogen-bond acceptors (Lipinski definition) is 2. The molecule has 0 bridgehead atoms. The van der Waals surface area contributed by atoms with Crippen LogP contribution in [0, 0.1) is 5.82 Å². The third kappa shape index (κ3) is 3.32. The highest BCUT2D eigenvalue weighted by molar-refractivity contribution is 5.75. The Morgan fingerprint density at radius 1 is 1.47 bits per heavy atom. The van der Waals surface area contributed by atoms with E-state index in [4.69, 9.17) is 5.73 Å². The molecule has 1 atom stereocenters. The molecule has 0 unspecified atom stereocenters. The van der Waals surface area contributed by atoms with Gasteiger partial charge in [-0.1, -0.05) is 12.1 Å². The quantitative estimate of drug-likeness (QED) is 0.814. The van der Waals surface area contributed by atoms with Crippen LogP contribution in [-0.2, 0) is 4.79 Å². The predicted molar refractivity (Wildman–Crippen MR) is 56.6 cm³/mol. The van der Waals surface area contributed by atoms with Crippen molar-refractivity contribution in [2.75, 3.05) is 13.6 Å². The van der Waals surface area contributed by atoms with Gasteiger partial charge in [0.15, 0.2) is 0 Å². The fourth-order valence-electron chi connectivity index (χ4n) is 1.38. The number of hydrogen-bond donors (Lipinski definition) is 1. The van der Waals surface area contributed by atoms with Crippen molar-refractivity contribution >= 4 is 5.91 Å². The minimum absolute atomic E-state index is 0.0399. The molecule has 1 amide bonds. The van der Waals surface area contributed by atoms with Crippen molar-refractivity contribution in [1.82, 2.24) is 4.90 Å². The highest BCUT2D eigenvalue weighted by atomic mass is 19.1. The molecular weight excluding hydrogens is 195 g/mol. The van der Waals surface area contributed by atoms with E-state index in [9.17, 15) is 9.18 Å². The van der Waals surface area contributed by atoms with Crippen LogP contribution in [0.25, 0.3) is 0 Å². The van der Waals surface area contributed by atoms with E-state index in [0.717, 1.165) is 5.56 Å². The average Bonchev–Trinajstić information content (AvgIpc) is 2.17. The van der Waals surface area contributed by atoms with E-state index in [1.54, 1.807) is 19.2 Å². The zero-order valence-electron chi connectivity index (χ0n) is 8.90. The molecule has 0 heterocycles. The van der Waals surface area contributed by atoms with Crippen LogP contribution in [0.4, 0.5) is 4.39 Å². The molecule has 0 spiro atoms. The van der Waals surface area contributed by atoms with E-state index in [0.29, 0.717) is 0 Å². The Bertz CT molecular complexity index is 337. The van der Waals surface area contributed by atoms with E-state index in [2.05, 4.69) is 0 Å². The molecule has 1 aromatic carbocycles. The molecule has 0 radical (unpaired) electrons. The van der Waals surface area contributed by atoms with Gasteiger partial charge in [0.05, 0.1) is 6.54 Å². The Morgan fingerprint density at radius 2 is 2.00 bits per heavy atom. The smallest absolute Gasteiger partial charge is 0.231 e. The minimum Gasteiger partial charge on any atom is -0.369 e. The topological polar surface area (TPSA) is 46.3 Å². The maximum absolute atomic E-state index is 12.7. The van der Waals surface area contributed by atoms with E-state index in [-0.39, 0.29) is 24.3 Å². The summed E-state index contributed by atoms with van der Waals surface area (Å²) in [7, 11) is 1.80. The van der Waals surface area contributed by atoms with Crippen LogP contribution in [0.15, 0.2) is 24.3 Å². The second-order valence-corrected chi connectivity index (χ2v) is 3.61. The van der Waals surface area contributed by atoms with Gasteiger partial charge in [-0.05, 0) is 31.7 Å². The van der Waals surface area contributed by atoms with Crippen LogP contribution in [0.3, 0.4) is 0 Å². The lowest BCUT2D eigenvalue weighted by molar-refractivity contribution is -0.119. The van der Waals surface area contributed by atoms with Gasteiger partial charge < -0.3 is 5.73 Å². The first-order valence-electron chi connectivity index (χ1n) is 4.74. The van der Waals surface area contributed by atoms with Crippen LogP contribution >= 0.6 is 0 Å². The number of nitrogens with zero attached hydrogens (tertiary/aromatic N) is 1. The van der Waals surface area contributed by atoms with Crippen LogP contribution < -0.4 is 5.73 Å². The lowest BCUT2D eigenvalue weighted by atomic mass is 10.1. The van der Waals surface area contributed by atoms with E-state index < -0.39 is 0 Å². The number of benzene rings is 1.